The summed E-state index contributed by atoms with van der Waals surface area (Å²) in [6.07, 6.45) is 1.24. The van der Waals surface area contributed by atoms with Gasteiger partial charge in [0.15, 0.2) is 0 Å². The van der Waals surface area contributed by atoms with E-state index in [4.69, 9.17) is 5.73 Å². The number of carbonyl (C=O) groups is 1. The fraction of sp³-hybridized carbons (Fsp3) is 0.632. The van der Waals surface area contributed by atoms with Gasteiger partial charge in [-0.3, -0.25) is 4.79 Å². The number of anilines is 1. The molecule has 2 N–H and O–H groups in total. The predicted octanol–water partition coefficient (Wildman–Crippen LogP) is 3.87. The Hall–Kier alpha value is -0.970. The smallest absolute Gasteiger partial charge is 0.222 e. The number of nitrogens with zero attached hydrogens (tertiary/aromatic N) is 2. The van der Waals surface area contributed by atoms with Gasteiger partial charge in [0.1, 0.15) is 0 Å². The first-order chi connectivity index (χ1) is 11.0. The van der Waals surface area contributed by atoms with Crippen LogP contribution in [0.25, 0.3) is 0 Å². The first kappa shape index (κ1) is 26.3. The number of amides is 1. The normalized spacial score (nSPS) is 10.3. The predicted molar refractivity (Wildman–Crippen MR) is 113 cm³/mol. The molecule has 0 heterocycles. The Labute approximate surface area is 166 Å². The van der Waals surface area contributed by atoms with Crippen molar-refractivity contribution in [3.05, 3.63) is 29.8 Å². The molecule has 4 nitrogen and oxygen atoms in total. The summed E-state index contributed by atoms with van der Waals surface area (Å²) in [4.78, 5) is 17.0. The van der Waals surface area contributed by atoms with Crippen molar-refractivity contribution in [1.82, 2.24) is 9.80 Å². The molecule has 0 saturated heterocycles. The van der Waals surface area contributed by atoms with E-state index < -0.39 is 0 Å². The maximum atomic E-state index is 12.6. The molecule has 0 aliphatic carbocycles. The molecule has 1 aromatic carbocycles. The van der Waals surface area contributed by atoms with Crippen molar-refractivity contribution in [2.24, 2.45) is 5.92 Å². The lowest BCUT2D eigenvalue weighted by molar-refractivity contribution is -0.131. The Balaban J connectivity index is 0. The molecule has 0 aliphatic heterocycles. The Morgan fingerprint density at radius 1 is 1.08 bits per heavy atom. The molecule has 0 fully saturated rings. The minimum absolute atomic E-state index is 0. The fourth-order valence-corrected chi connectivity index (χ4v) is 2.72. The quantitative estimate of drug-likeness (QED) is 0.615. The summed E-state index contributed by atoms with van der Waals surface area (Å²) in [6.45, 7) is 13.3. The Morgan fingerprint density at radius 3 is 2.20 bits per heavy atom. The first-order valence-corrected chi connectivity index (χ1v) is 8.81. The van der Waals surface area contributed by atoms with Crippen molar-refractivity contribution < 1.29 is 4.79 Å². The van der Waals surface area contributed by atoms with E-state index >= 15 is 0 Å². The van der Waals surface area contributed by atoms with Crippen molar-refractivity contribution in [1.29, 1.82) is 0 Å². The summed E-state index contributed by atoms with van der Waals surface area (Å²) >= 11 is 0. The number of halogens is 2. The monoisotopic (exact) mass is 391 g/mol. The summed E-state index contributed by atoms with van der Waals surface area (Å²) < 4.78 is 0. The van der Waals surface area contributed by atoms with Gasteiger partial charge in [0.05, 0.1) is 0 Å². The number of hydrogen-bond donors (Lipinski definition) is 1. The van der Waals surface area contributed by atoms with E-state index in [2.05, 4.69) is 32.6 Å². The largest absolute Gasteiger partial charge is 0.399 e. The highest BCUT2D eigenvalue weighted by molar-refractivity contribution is 5.85. The molecular weight excluding hydrogens is 357 g/mol. The van der Waals surface area contributed by atoms with E-state index in [1.54, 1.807) is 0 Å². The van der Waals surface area contributed by atoms with E-state index in [9.17, 15) is 4.79 Å². The second-order valence-corrected chi connectivity index (χ2v) is 6.46. The summed E-state index contributed by atoms with van der Waals surface area (Å²) in [5.41, 5.74) is 7.81. The van der Waals surface area contributed by atoms with Crippen LogP contribution in [0.15, 0.2) is 24.3 Å². The number of para-hydroxylation sites is 1. The van der Waals surface area contributed by atoms with Crippen molar-refractivity contribution in [3.63, 3.8) is 0 Å². The third-order valence-corrected chi connectivity index (χ3v) is 4.18. The molecule has 1 amide bonds. The maximum Gasteiger partial charge on any atom is 0.222 e. The highest BCUT2D eigenvalue weighted by Crippen LogP contribution is 2.14. The molecule has 0 saturated carbocycles. The molecule has 0 unspecified atom stereocenters. The molecule has 0 radical (unpaired) electrons. The van der Waals surface area contributed by atoms with Crippen LogP contribution in [0.3, 0.4) is 0 Å². The minimum atomic E-state index is 0. The summed E-state index contributed by atoms with van der Waals surface area (Å²) in [5.74, 6) is 0.714. The van der Waals surface area contributed by atoms with Gasteiger partial charge in [-0.1, -0.05) is 45.9 Å². The number of nitrogen functional groups attached to an aromatic ring is 1. The fourth-order valence-electron chi connectivity index (χ4n) is 2.72. The van der Waals surface area contributed by atoms with Crippen LogP contribution in [0.2, 0.25) is 0 Å². The van der Waals surface area contributed by atoms with Crippen LogP contribution in [-0.4, -0.2) is 48.4 Å². The van der Waals surface area contributed by atoms with Crippen LogP contribution in [0.1, 0.15) is 39.7 Å². The van der Waals surface area contributed by atoms with Crippen LogP contribution in [0.4, 0.5) is 5.69 Å². The zero-order valence-corrected chi connectivity index (χ0v) is 17.7. The van der Waals surface area contributed by atoms with Crippen LogP contribution in [0.5, 0.6) is 0 Å². The van der Waals surface area contributed by atoms with Crippen LogP contribution >= 0.6 is 24.8 Å². The number of nitrogens with two attached hydrogens (primary N) is 1. The number of benzene rings is 1. The van der Waals surface area contributed by atoms with E-state index in [0.717, 1.165) is 44.0 Å². The van der Waals surface area contributed by atoms with Gasteiger partial charge in [-0.25, -0.2) is 0 Å². The number of rotatable bonds is 10. The van der Waals surface area contributed by atoms with Crippen LogP contribution < -0.4 is 5.73 Å². The van der Waals surface area contributed by atoms with Gasteiger partial charge >= 0.3 is 0 Å². The Morgan fingerprint density at radius 2 is 1.68 bits per heavy atom. The van der Waals surface area contributed by atoms with E-state index in [1.165, 1.54) is 0 Å². The summed E-state index contributed by atoms with van der Waals surface area (Å²) in [6, 6.07) is 7.80. The Kier molecular flexibility index (Phi) is 14.9. The number of carbonyl (C=O) groups excluding carboxylic acids is 1. The van der Waals surface area contributed by atoms with E-state index in [-0.39, 0.29) is 30.7 Å². The molecule has 6 heteroatoms. The van der Waals surface area contributed by atoms with Gasteiger partial charge in [0.2, 0.25) is 5.91 Å². The molecule has 0 aromatic heterocycles. The van der Waals surface area contributed by atoms with Crippen LogP contribution in [-0.2, 0) is 11.2 Å². The second-order valence-electron chi connectivity index (χ2n) is 6.46. The molecule has 25 heavy (non-hydrogen) atoms. The maximum absolute atomic E-state index is 12.6. The lowest BCUT2D eigenvalue weighted by Crippen LogP contribution is -2.40. The highest BCUT2D eigenvalue weighted by atomic mass is 35.5. The van der Waals surface area contributed by atoms with Gasteiger partial charge in [0.25, 0.3) is 0 Å². The van der Waals surface area contributed by atoms with Gasteiger partial charge < -0.3 is 15.5 Å². The van der Waals surface area contributed by atoms with Gasteiger partial charge in [-0.2, -0.15) is 0 Å². The molecular formula is C19H35Cl2N3O. The Bertz CT molecular complexity index is 479. The SMILES string of the molecule is CCN(CC)CCN(CC(C)C)C(=O)CCc1ccccc1N.Cl.Cl. The number of aryl methyl sites for hydroxylation is 1. The minimum Gasteiger partial charge on any atom is -0.399 e. The third kappa shape index (κ3) is 9.93. The van der Waals surface area contributed by atoms with Crippen molar-refractivity contribution in [2.45, 2.75) is 40.5 Å². The molecule has 0 atom stereocenters. The van der Waals surface area contributed by atoms with Crippen LogP contribution in [0, 0.1) is 5.92 Å². The first-order valence-electron chi connectivity index (χ1n) is 8.81. The lowest BCUT2D eigenvalue weighted by atomic mass is 10.1. The highest BCUT2D eigenvalue weighted by Gasteiger charge is 2.16. The number of hydrogen-bond acceptors (Lipinski definition) is 3. The average Bonchev–Trinajstić information content (AvgIpc) is 2.53. The molecule has 1 aromatic rings. The second kappa shape index (κ2) is 14.2. The van der Waals surface area contributed by atoms with E-state index in [0.29, 0.717) is 18.8 Å². The van der Waals surface area contributed by atoms with Crippen molar-refractivity contribution in [3.8, 4) is 0 Å². The van der Waals surface area contributed by atoms with Gasteiger partial charge in [-0.15, -0.1) is 24.8 Å². The molecule has 0 aliphatic rings. The van der Waals surface area contributed by atoms with Gasteiger partial charge in [0, 0.05) is 31.7 Å². The topological polar surface area (TPSA) is 49.6 Å². The lowest BCUT2D eigenvalue weighted by Gasteiger charge is -2.28. The zero-order chi connectivity index (χ0) is 17.2. The zero-order valence-electron chi connectivity index (χ0n) is 16.0. The van der Waals surface area contributed by atoms with Crippen molar-refractivity contribution >= 4 is 36.4 Å². The summed E-state index contributed by atoms with van der Waals surface area (Å²) in [5, 5.41) is 0. The molecule has 0 bridgehead atoms. The van der Waals surface area contributed by atoms with Gasteiger partial charge in [-0.05, 0) is 37.1 Å². The molecule has 146 valence electrons. The third-order valence-electron chi connectivity index (χ3n) is 4.18. The summed E-state index contributed by atoms with van der Waals surface area (Å²) in [7, 11) is 0. The number of likely N-dealkylation sites (N-methyl/N-ethyl adjacent to an activating group) is 1. The molecule has 0 spiro atoms. The van der Waals surface area contributed by atoms with Crippen molar-refractivity contribution in [2.75, 3.05) is 38.5 Å². The standard InChI is InChI=1S/C19H33N3O.2ClH/c1-5-21(6-2)13-14-22(15-16(3)4)19(23)12-11-17-9-7-8-10-18(17)20;;/h7-10,16H,5-6,11-15,20H2,1-4H3;2*1H. The average molecular weight is 392 g/mol. The molecule has 1 rings (SSSR count). The van der Waals surface area contributed by atoms with E-state index in [1.807, 2.05) is 29.2 Å².